The quantitative estimate of drug-likeness (QED) is 0.671. The van der Waals surface area contributed by atoms with Crippen molar-refractivity contribution in [2.24, 2.45) is 0 Å². The minimum absolute atomic E-state index is 0.101. The van der Waals surface area contributed by atoms with Gasteiger partial charge in [-0.3, -0.25) is 9.69 Å². The van der Waals surface area contributed by atoms with Crippen molar-refractivity contribution in [1.82, 2.24) is 10.2 Å². The fourth-order valence-corrected chi connectivity index (χ4v) is 0.893. The van der Waals surface area contributed by atoms with E-state index >= 15 is 0 Å². The normalized spacial score (nSPS) is 11.9. The number of amides is 1. The second kappa shape index (κ2) is 6.62. The Kier molecular flexibility index (Phi) is 6.26. The van der Waals surface area contributed by atoms with E-state index in [1.165, 1.54) is 11.9 Å². The lowest BCUT2D eigenvalue weighted by molar-refractivity contribution is -0.139. The Balaban J connectivity index is 3.64. The molecule has 0 aliphatic heterocycles. The van der Waals surface area contributed by atoms with Gasteiger partial charge in [0.1, 0.15) is 0 Å². The molecular weight excluding hydrogens is 213 g/mol. The number of nitrogens with zero attached hydrogens (tertiary/aromatic N) is 1. The molecule has 0 aromatic rings. The Morgan fingerprint density at radius 3 is 2.53 bits per heavy atom. The number of likely N-dealkylation sites (N-methyl/N-ethyl adjacent to an activating group) is 1. The van der Waals surface area contributed by atoms with Crippen LogP contribution in [0.25, 0.3) is 0 Å². The van der Waals surface area contributed by atoms with Gasteiger partial charge >= 0.3 is 6.18 Å². The highest BCUT2D eigenvalue weighted by molar-refractivity contribution is 5.77. The standard InChI is InChI=1S/C8H15F3N2O2/c1-13(4-2-8(9,10)11)6-7(15)12-3-5-14/h14H,2-6H2,1H3,(H,12,15). The number of carbonyl (C=O) groups is 1. The van der Waals surface area contributed by atoms with Crippen LogP contribution in [0.4, 0.5) is 13.2 Å². The van der Waals surface area contributed by atoms with E-state index in [-0.39, 0.29) is 26.2 Å². The first-order valence-electron chi connectivity index (χ1n) is 4.48. The van der Waals surface area contributed by atoms with E-state index < -0.39 is 18.5 Å². The first kappa shape index (κ1) is 14.2. The van der Waals surface area contributed by atoms with E-state index in [2.05, 4.69) is 5.32 Å². The SMILES string of the molecule is CN(CCC(F)(F)F)CC(=O)NCCO. The van der Waals surface area contributed by atoms with Crippen molar-refractivity contribution in [2.45, 2.75) is 12.6 Å². The number of alkyl halides is 3. The molecule has 0 rings (SSSR count). The van der Waals surface area contributed by atoms with Crippen molar-refractivity contribution < 1.29 is 23.1 Å². The molecule has 0 aliphatic carbocycles. The summed E-state index contributed by atoms with van der Waals surface area (Å²) in [5, 5.41) is 10.7. The largest absolute Gasteiger partial charge is 0.395 e. The molecule has 2 N–H and O–H groups in total. The smallest absolute Gasteiger partial charge is 0.390 e. The zero-order chi connectivity index (χ0) is 11.9. The van der Waals surface area contributed by atoms with Crippen molar-refractivity contribution in [3.05, 3.63) is 0 Å². The van der Waals surface area contributed by atoms with Gasteiger partial charge in [-0.1, -0.05) is 0 Å². The summed E-state index contributed by atoms with van der Waals surface area (Å²) in [5.74, 6) is -0.395. The molecule has 0 unspecified atom stereocenters. The first-order chi connectivity index (χ1) is 6.85. The molecular formula is C8H15F3N2O2. The molecule has 0 heterocycles. The van der Waals surface area contributed by atoms with Crippen LogP contribution < -0.4 is 5.32 Å². The van der Waals surface area contributed by atoms with Crippen LogP contribution in [0.2, 0.25) is 0 Å². The fraction of sp³-hybridized carbons (Fsp3) is 0.875. The maximum Gasteiger partial charge on any atom is 0.390 e. The monoisotopic (exact) mass is 228 g/mol. The highest BCUT2D eigenvalue weighted by Crippen LogP contribution is 2.19. The summed E-state index contributed by atoms with van der Waals surface area (Å²) in [6, 6.07) is 0. The average molecular weight is 228 g/mol. The Morgan fingerprint density at radius 1 is 1.47 bits per heavy atom. The van der Waals surface area contributed by atoms with Crippen LogP contribution in [0.3, 0.4) is 0 Å². The van der Waals surface area contributed by atoms with Gasteiger partial charge in [0.25, 0.3) is 0 Å². The molecule has 0 spiro atoms. The first-order valence-corrected chi connectivity index (χ1v) is 4.48. The second-order valence-electron chi connectivity index (χ2n) is 3.18. The molecule has 0 saturated heterocycles. The third kappa shape index (κ3) is 9.48. The van der Waals surface area contributed by atoms with Crippen LogP contribution in [0.15, 0.2) is 0 Å². The number of halogens is 3. The second-order valence-corrected chi connectivity index (χ2v) is 3.18. The van der Waals surface area contributed by atoms with Crippen LogP contribution in [0.5, 0.6) is 0 Å². The summed E-state index contributed by atoms with van der Waals surface area (Å²) in [6.45, 7) is -0.379. The van der Waals surface area contributed by atoms with Gasteiger partial charge in [-0.25, -0.2) is 0 Å². The molecule has 0 bridgehead atoms. The predicted molar refractivity (Wildman–Crippen MR) is 48.3 cm³/mol. The number of aliphatic hydroxyl groups is 1. The number of carbonyl (C=O) groups excluding carboxylic acids is 1. The van der Waals surface area contributed by atoms with Gasteiger partial charge in [0.05, 0.1) is 19.6 Å². The molecule has 0 aliphatic rings. The van der Waals surface area contributed by atoms with Crippen molar-refractivity contribution in [3.63, 3.8) is 0 Å². The summed E-state index contributed by atoms with van der Waals surface area (Å²) >= 11 is 0. The summed E-state index contributed by atoms with van der Waals surface area (Å²) in [5.41, 5.74) is 0. The molecule has 0 fully saturated rings. The maximum atomic E-state index is 11.8. The van der Waals surface area contributed by atoms with Crippen molar-refractivity contribution in [2.75, 3.05) is 33.3 Å². The molecule has 15 heavy (non-hydrogen) atoms. The molecule has 90 valence electrons. The van der Waals surface area contributed by atoms with Gasteiger partial charge in [-0.15, -0.1) is 0 Å². The zero-order valence-electron chi connectivity index (χ0n) is 8.47. The molecule has 4 nitrogen and oxygen atoms in total. The lowest BCUT2D eigenvalue weighted by Crippen LogP contribution is -2.37. The van der Waals surface area contributed by atoms with Gasteiger partial charge in [-0.2, -0.15) is 13.2 Å². The minimum Gasteiger partial charge on any atom is -0.395 e. The van der Waals surface area contributed by atoms with Crippen molar-refractivity contribution in [1.29, 1.82) is 0 Å². The van der Waals surface area contributed by atoms with Gasteiger partial charge in [-0.05, 0) is 7.05 Å². The molecule has 0 aromatic carbocycles. The van der Waals surface area contributed by atoms with E-state index in [0.29, 0.717) is 0 Å². The average Bonchev–Trinajstić information content (AvgIpc) is 2.10. The van der Waals surface area contributed by atoms with E-state index in [1.54, 1.807) is 0 Å². The number of nitrogens with one attached hydrogen (secondary N) is 1. The van der Waals surface area contributed by atoms with Gasteiger partial charge in [0.15, 0.2) is 0 Å². The lowest BCUT2D eigenvalue weighted by Gasteiger charge is -2.16. The van der Waals surface area contributed by atoms with Crippen LogP contribution >= 0.6 is 0 Å². The lowest BCUT2D eigenvalue weighted by atomic mass is 10.4. The summed E-state index contributed by atoms with van der Waals surface area (Å²) < 4.78 is 35.4. The molecule has 0 atom stereocenters. The Morgan fingerprint density at radius 2 is 2.07 bits per heavy atom. The fourth-order valence-electron chi connectivity index (χ4n) is 0.893. The van der Waals surface area contributed by atoms with Crippen LogP contribution in [0.1, 0.15) is 6.42 Å². The van der Waals surface area contributed by atoms with E-state index in [0.717, 1.165) is 0 Å². The van der Waals surface area contributed by atoms with Crippen molar-refractivity contribution >= 4 is 5.91 Å². The molecule has 1 amide bonds. The molecule has 0 saturated carbocycles. The number of hydrogen-bond donors (Lipinski definition) is 2. The van der Waals surface area contributed by atoms with Gasteiger partial charge in [0.2, 0.25) is 5.91 Å². The molecule has 0 radical (unpaired) electrons. The zero-order valence-corrected chi connectivity index (χ0v) is 8.47. The molecule has 0 aromatic heterocycles. The Bertz CT molecular complexity index is 197. The van der Waals surface area contributed by atoms with Gasteiger partial charge < -0.3 is 10.4 Å². The number of hydrogen-bond acceptors (Lipinski definition) is 3. The maximum absolute atomic E-state index is 11.8. The molecule has 7 heteroatoms. The van der Waals surface area contributed by atoms with Gasteiger partial charge in [0, 0.05) is 13.1 Å². The highest BCUT2D eigenvalue weighted by Gasteiger charge is 2.27. The summed E-state index contributed by atoms with van der Waals surface area (Å²) in [4.78, 5) is 12.3. The number of rotatable bonds is 6. The highest BCUT2D eigenvalue weighted by atomic mass is 19.4. The summed E-state index contributed by atoms with van der Waals surface area (Å²) in [6.07, 6.45) is -5.13. The van der Waals surface area contributed by atoms with Crippen LogP contribution in [0, 0.1) is 0 Å². The van der Waals surface area contributed by atoms with Crippen molar-refractivity contribution in [3.8, 4) is 0 Å². The predicted octanol–water partition coefficient (Wildman–Crippen LogP) is -0.0209. The Hall–Kier alpha value is -0.820. The number of aliphatic hydroxyl groups excluding tert-OH is 1. The topological polar surface area (TPSA) is 52.6 Å². The third-order valence-electron chi connectivity index (χ3n) is 1.62. The Labute approximate surface area is 86.1 Å². The summed E-state index contributed by atoms with van der Waals surface area (Å²) in [7, 11) is 1.43. The van der Waals surface area contributed by atoms with E-state index in [9.17, 15) is 18.0 Å². The van der Waals surface area contributed by atoms with Crippen LogP contribution in [-0.4, -0.2) is 55.4 Å². The van der Waals surface area contributed by atoms with E-state index in [4.69, 9.17) is 5.11 Å². The third-order valence-corrected chi connectivity index (χ3v) is 1.62. The van der Waals surface area contributed by atoms with E-state index in [1.807, 2.05) is 0 Å². The minimum atomic E-state index is -4.20. The van der Waals surface area contributed by atoms with Crippen LogP contribution in [-0.2, 0) is 4.79 Å².